The highest BCUT2D eigenvalue weighted by molar-refractivity contribution is 6.33. The van der Waals surface area contributed by atoms with Gasteiger partial charge >= 0.3 is 5.97 Å². The van der Waals surface area contributed by atoms with Gasteiger partial charge in [0.1, 0.15) is 5.82 Å². The third kappa shape index (κ3) is 3.10. The average molecular weight is 300 g/mol. The highest BCUT2D eigenvalue weighted by Crippen LogP contribution is 2.37. The Kier molecular flexibility index (Phi) is 4.28. The van der Waals surface area contributed by atoms with Gasteiger partial charge in [-0.25, -0.2) is 4.39 Å². The fraction of sp³-hybridized carbons (Fsp3) is 0.429. The van der Waals surface area contributed by atoms with Crippen molar-refractivity contribution in [2.45, 2.75) is 19.8 Å². The Balaban J connectivity index is 2.15. The number of hydrogen-bond donors (Lipinski definition) is 2. The highest BCUT2D eigenvalue weighted by Gasteiger charge is 2.41. The van der Waals surface area contributed by atoms with Crippen molar-refractivity contribution < 1.29 is 19.1 Å². The summed E-state index contributed by atoms with van der Waals surface area (Å²) in [6.07, 6.45) is 0.986. The maximum atomic E-state index is 13.1. The molecule has 1 aliphatic carbocycles. The lowest BCUT2D eigenvalue weighted by Gasteiger charge is -2.16. The fourth-order valence-electron chi connectivity index (χ4n) is 2.67. The van der Waals surface area contributed by atoms with Crippen LogP contribution in [0.15, 0.2) is 18.2 Å². The summed E-state index contributed by atoms with van der Waals surface area (Å²) in [4.78, 5) is 23.4. The molecule has 2 N–H and O–H groups in total. The molecule has 4 nitrogen and oxygen atoms in total. The number of carboxylic acid groups (broad SMARTS) is 1. The van der Waals surface area contributed by atoms with Gasteiger partial charge in [-0.1, -0.05) is 18.5 Å². The molecule has 1 fully saturated rings. The molecule has 0 saturated heterocycles. The molecule has 0 spiro atoms. The molecular weight excluding hydrogens is 285 g/mol. The van der Waals surface area contributed by atoms with Crippen LogP contribution in [0.3, 0.4) is 0 Å². The van der Waals surface area contributed by atoms with Gasteiger partial charge in [-0.15, -0.1) is 0 Å². The van der Waals surface area contributed by atoms with E-state index in [1.165, 1.54) is 12.1 Å². The van der Waals surface area contributed by atoms with Crippen molar-refractivity contribution in [3.8, 4) is 0 Å². The van der Waals surface area contributed by atoms with E-state index < -0.39 is 29.5 Å². The van der Waals surface area contributed by atoms with Gasteiger partial charge in [0.2, 0.25) is 5.91 Å². The summed E-state index contributed by atoms with van der Waals surface area (Å²) in [5.41, 5.74) is 0.167. The Morgan fingerprint density at radius 1 is 1.35 bits per heavy atom. The zero-order chi connectivity index (χ0) is 14.9. The summed E-state index contributed by atoms with van der Waals surface area (Å²) in [6, 6.07) is 3.66. The van der Waals surface area contributed by atoms with Crippen LogP contribution in [0.25, 0.3) is 0 Å². The molecule has 0 aromatic heterocycles. The van der Waals surface area contributed by atoms with Crippen LogP contribution in [0.4, 0.5) is 10.1 Å². The minimum absolute atomic E-state index is 0.167. The smallest absolute Gasteiger partial charge is 0.307 e. The molecule has 3 atom stereocenters. The summed E-state index contributed by atoms with van der Waals surface area (Å²) in [5.74, 6) is -3.04. The highest BCUT2D eigenvalue weighted by atomic mass is 35.5. The third-order valence-electron chi connectivity index (χ3n) is 3.64. The monoisotopic (exact) mass is 299 g/mol. The number of halogens is 2. The standard InChI is InChI=1S/C14H15ClFNO3/c1-7-4-9(10(5-7)14(19)20)13(18)17-12-6-8(16)2-3-11(12)15/h2-3,6-7,9-10H,4-5H2,1H3,(H,17,18)(H,19,20). The average Bonchev–Trinajstić information content (AvgIpc) is 2.76. The first-order chi connectivity index (χ1) is 9.38. The van der Waals surface area contributed by atoms with Crippen molar-refractivity contribution in [1.29, 1.82) is 0 Å². The van der Waals surface area contributed by atoms with Gasteiger partial charge < -0.3 is 10.4 Å². The predicted octanol–water partition coefficient (Wildman–Crippen LogP) is 3.16. The Morgan fingerprint density at radius 3 is 2.65 bits per heavy atom. The minimum atomic E-state index is -0.972. The summed E-state index contributed by atoms with van der Waals surface area (Å²) < 4.78 is 13.1. The molecular formula is C14H15ClFNO3. The van der Waals surface area contributed by atoms with Gasteiger partial charge in [-0.3, -0.25) is 9.59 Å². The van der Waals surface area contributed by atoms with Crippen LogP contribution < -0.4 is 5.32 Å². The normalized spacial score (nSPS) is 25.4. The first-order valence-electron chi connectivity index (χ1n) is 6.37. The second-order valence-corrected chi connectivity index (χ2v) is 5.65. The molecule has 0 bridgehead atoms. The molecule has 1 aliphatic rings. The quantitative estimate of drug-likeness (QED) is 0.901. The van der Waals surface area contributed by atoms with E-state index >= 15 is 0 Å². The molecule has 6 heteroatoms. The van der Waals surface area contributed by atoms with Crippen molar-refractivity contribution in [2.75, 3.05) is 5.32 Å². The number of anilines is 1. The molecule has 108 valence electrons. The molecule has 1 amide bonds. The predicted molar refractivity (Wildman–Crippen MR) is 73.1 cm³/mol. The zero-order valence-corrected chi connectivity index (χ0v) is 11.7. The van der Waals surface area contributed by atoms with Gasteiger partial charge in [0.15, 0.2) is 0 Å². The van der Waals surface area contributed by atoms with E-state index in [1.54, 1.807) is 0 Å². The van der Waals surface area contributed by atoms with Crippen LogP contribution in [-0.4, -0.2) is 17.0 Å². The van der Waals surface area contributed by atoms with Crippen LogP contribution in [0.2, 0.25) is 5.02 Å². The lowest BCUT2D eigenvalue weighted by atomic mass is 9.95. The van der Waals surface area contributed by atoms with E-state index in [4.69, 9.17) is 16.7 Å². The summed E-state index contributed by atoms with van der Waals surface area (Å²) in [5, 5.41) is 11.9. The zero-order valence-electron chi connectivity index (χ0n) is 10.9. The number of nitrogens with one attached hydrogen (secondary N) is 1. The van der Waals surface area contributed by atoms with Gasteiger partial charge in [0.05, 0.1) is 22.5 Å². The molecule has 0 heterocycles. The minimum Gasteiger partial charge on any atom is -0.481 e. The summed E-state index contributed by atoms with van der Waals surface area (Å²) >= 11 is 5.88. The molecule has 1 saturated carbocycles. The second-order valence-electron chi connectivity index (χ2n) is 5.24. The number of carbonyl (C=O) groups is 2. The van der Waals surface area contributed by atoms with Crippen molar-refractivity contribution in [3.05, 3.63) is 29.0 Å². The van der Waals surface area contributed by atoms with E-state index in [1.807, 2.05) is 6.92 Å². The SMILES string of the molecule is CC1CC(C(=O)O)C(C(=O)Nc2cc(F)ccc2Cl)C1. The summed E-state index contributed by atoms with van der Waals surface area (Å²) in [7, 11) is 0. The molecule has 3 unspecified atom stereocenters. The third-order valence-corrected chi connectivity index (χ3v) is 3.97. The second kappa shape index (κ2) is 5.79. The van der Waals surface area contributed by atoms with Crippen molar-refractivity contribution >= 4 is 29.2 Å². The van der Waals surface area contributed by atoms with Gasteiger partial charge in [-0.05, 0) is 37.0 Å². The number of amides is 1. The van der Waals surface area contributed by atoms with Crippen LogP contribution in [-0.2, 0) is 9.59 Å². The van der Waals surface area contributed by atoms with Gasteiger partial charge in [0.25, 0.3) is 0 Å². The first-order valence-corrected chi connectivity index (χ1v) is 6.75. The lowest BCUT2D eigenvalue weighted by Crippen LogP contribution is -2.30. The van der Waals surface area contributed by atoms with E-state index in [2.05, 4.69) is 5.32 Å². The lowest BCUT2D eigenvalue weighted by molar-refractivity contribution is -0.145. The summed E-state index contributed by atoms with van der Waals surface area (Å²) in [6.45, 7) is 1.92. The molecule has 20 heavy (non-hydrogen) atoms. The molecule has 2 rings (SSSR count). The molecule has 1 aromatic carbocycles. The van der Waals surface area contributed by atoms with E-state index in [0.29, 0.717) is 12.8 Å². The Bertz CT molecular complexity index is 549. The van der Waals surface area contributed by atoms with Crippen molar-refractivity contribution in [3.63, 3.8) is 0 Å². The number of carbonyl (C=O) groups excluding carboxylic acids is 1. The Labute approximate surface area is 120 Å². The van der Waals surface area contributed by atoms with Crippen molar-refractivity contribution in [2.24, 2.45) is 17.8 Å². The Morgan fingerprint density at radius 2 is 2.00 bits per heavy atom. The van der Waals surface area contributed by atoms with Crippen LogP contribution in [0, 0.1) is 23.6 Å². The first kappa shape index (κ1) is 14.8. The number of hydrogen-bond acceptors (Lipinski definition) is 2. The van der Waals surface area contributed by atoms with Gasteiger partial charge in [0, 0.05) is 0 Å². The fourth-order valence-corrected chi connectivity index (χ4v) is 2.84. The van der Waals surface area contributed by atoms with E-state index in [0.717, 1.165) is 6.07 Å². The number of carboxylic acids is 1. The topological polar surface area (TPSA) is 66.4 Å². The van der Waals surface area contributed by atoms with Gasteiger partial charge in [-0.2, -0.15) is 0 Å². The maximum absolute atomic E-state index is 13.1. The van der Waals surface area contributed by atoms with Crippen molar-refractivity contribution in [1.82, 2.24) is 0 Å². The molecule has 0 radical (unpaired) electrons. The molecule has 0 aliphatic heterocycles. The van der Waals surface area contributed by atoms with Crippen LogP contribution >= 0.6 is 11.6 Å². The van der Waals surface area contributed by atoms with E-state index in [-0.39, 0.29) is 16.6 Å². The largest absolute Gasteiger partial charge is 0.481 e. The maximum Gasteiger partial charge on any atom is 0.307 e. The number of benzene rings is 1. The number of aliphatic carboxylic acids is 1. The van der Waals surface area contributed by atoms with E-state index in [9.17, 15) is 14.0 Å². The Hall–Kier alpha value is -1.62. The van der Waals surface area contributed by atoms with Crippen LogP contribution in [0.5, 0.6) is 0 Å². The molecule has 1 aromatic rings. The van der Waals surface area contributed by atoms with Crippen LogP contribution in [0.1, 0.15) is 19.8 Å². The number of rotatable bonds is 3.